The van der Waals surface area contributed by atoms with E-state index in [2.05, 4.69) is 25.8 Å². The van der Waals surface area contributed by atoms with Crippen molar-refractivity contribution in [3.63, 3.8) is 0 Å². The van der Waals surface area contributed by atoms with Crippen LogP contribution in [0.4, 0.5) is 0 Å². The summed E-state index contributed by atoms with van der Waals surface area (Å²) in [7, 11) is 0. The van der Waals surface area contributed by atoms with Crippen LogP contribution in [-0.2, 0) is 14.4 Å². The van der Waals surface area contributed by atoms with Crippen LogP contribution in [0.1, 0.15) is 65.0 Å². The number of nitrogens with one attached hydrogen (secondary N) is 2. The molecule has 4 atom stereocenters. The SMILES string of the molecule is C[C@H](NC(=O)[C@@H]1C[C@@H](O)CN1C(=O)[C@@H](NC(=O)CCCCOc1ccc(-c2cnnc(-c3ccccc3O)c2)cc1)C(C)(C)C)c1ccc(-c2cncs2)cc1. The number of hydrogen-bond acceptors (Lipinski definition) is 10. The summed E-state index contributed by atoms with van der Waals surface area (Å²) in [6, 6.07) is 22.2. The number of aromatic hydroxyl groups is 1. The van der Waals surface area contributed by atoms with E-state index in [-0.39, 0.29) is 43.0 Å². The first-order chi connectivity index (χ1) is 26.9. The van der Waals surface area contributed by atoms with Crippen molar-refractivity contribution >= 4 is 29.1 Å². The number of aliphatic hydroxyl groups excluding tert-OH is 1. The summed E-state index contributed by atoms with van der Waals surface area (Å²) in [6.07, 6.45) is 4.10. The van der Waals surface area contributed by atoms with E-state index in [0.29, 0.717) is 36.5 Å². The fraction of sp³-hybridized carbons (Fsp3) is 0.349. The molecule has 3 amide bonds. The molecule has 13 heteroatoms. The van der Waals surface area contributed by atoms with Crippen molar-refractivity contribution in [1.29, 1.82) is 0 Å². The molecular weight excluding hydrogens is 729 g/mol. The predicted octanol–water partition coefficient (Wildman–Crippen LogP) is 6.56. The Bertz CT molecular complexity index is 2100. The number of rotatable bonds is 14. The quantitative estimate of drug-likeness (QED) is 0.0914. The number of ether oxygens (including phenoxy) is 1. The Hall–Kier alpha value is -5.66. The molecule has 0 radical (unpaired) electrons. The molecule has 4 N–H and O–H groups in total. The van der Waals surface area contributed by atoms with Crippen molar-refractivity contribution < 1.29 is 29.3 Å². The first-order valence-corrected chi connectivity index (χ1v) is 19.7. The molecule has 1 saturated heterocycles. The number of phenols is 1. The fourth-order valence-corrected chi connectivity index (χ4v) is 7.34. The Morgan fingerprint density at radius 2 is 1.68 bits per heavy atom. The van der Waals surface area contributed by atoms with E-state index < -0.39 is 29.5 Å². The molecule has 3 aromatic carbocycles. The molecule has 6 rings (SSSR count). The summed E-state index contributed by atoms with van der Waals surface area (Å²) < 4.78 is 5.93. The minimum absolute atomic E-state index is 0.00827. The number of likely N-dealkylation sites (tertiary alicyclic amines) is 1. The molecule has 3 heterocycles. The number of carbonyl (C=O) groups is 3. The third-order valence-electron chi connectivity index (χ3n) is 9.86. The standard InChI is InChI=1S/C43H48N6O6S/c1-27(28-12-14-30(15-13-28)38-24-44-26-56-38)46-41(53)36-22-32(50)25-49(36)42(54)40(43(2,3)4)47-39(52)11-7-8-20-55-33-18-16-29(17-19-33)31-21-35(48-45-23-31)34-9-5-6-10-37(34)51/h5-6,9-10,12-19,21,23-24,26-27,32,36,40,50-51H,7-8,11,20,22,25H2,1-4H3,(H,46,53)(H,47,52)/t27-,32+,36-,40+/m0/s1. The van der Waals surface area contributed by atoms with Gasteiger partial charge in [-0.1, -0.05) is 69.3 Å². The minimum atomic E-state index is -0.896. The molecule has 12 nitrogen and oxygen atoms in total. The largest absolute Gasteiger partial charge is 0.507 e. The number of thiazole rings is 1. The smallest absolute Gasteiger partial charge is 0.246 e. The highest BCUT2D eigenvalue weighted by molar-refractivity contribution is 7.13. The zero-order valence-corrected chi connectivity index (χ0v) is 32.8. The van der Waals surface area contributed by atoms with Gasteiger partial charge >= 0.3 is 0 Å². The first-order valence-electron chi connectivity index (χ1n) is 18.8. The Kier molecular flexibility index (Phi) is 12.8. The van der Waals surface area contributed by atoms with Gasteiger partial charge in [-0.2, -0.15) is 10.2 Å². The number of phenolic OH excluding ortho intramolecular Hbond substituents is 1. The van der Waals surface area contributed by atoms with Crippen LogP contribution in [0.25, 0.3) is 32.8 Å². The maximum atomic E-state index is 14.0. The van der Waals surface area contributed by atoms with Crippen molar-refractivity contribution in [2.45, 2.75) is 77.6 Å². The van der Waals surface area contributed by atoms with Crippen LogP contribution < -0.4 is 15.4 Å². The van der Waals surface area contributed by atoms with Gasteiger partial charge in [-0.3, -0.25) is 19.4 Å². The summed E-state index contributed by atoms with van der Waals surface area (Å²) in [5.74, 6) is -0.196. The Morgan fingerprint density at radius 1 is 0.946 bits per heavy atom. The number of amides is 3. The zero-order valence-electron chi connectivity index (χ0n) is 32.0. The lowest BCUT2D eigenvalue weighted by Crippen LogP contribution is -2.57. The van der Waals surface area contributed by atoms with E-state index in [1.807, 2.05) is 94.6 Å². The molecule has 1 aliphatic rings. The maximum absolute atomic E-state index is 14.0. The van der Waals surface area contributed by atoms with Gasteiger partial charge < -0.3 is 30.5 Å². The number of unbranched alkanes of at least 4 members (excludes halogenated alkanes) is 1. The lowest BCUT2D eigenvalue weighted by molar-refractivity contribution is -0.144. The molecule has 0 bridgehead atoms. The van der Waals surface area contributed by atoms with E-state index in [0.717, 1.165) is 27.1 Å². The molecule has 0 spiro atoms. The van der Waals surface area contributed by atoms with Gasteiger partial charge in [0, 0.05) is 36.7 Å². The third kappa shape index (κ3) is 9.95. The Balaban J connectivity index is 0.976. The van der Waals surface area contributed by atoms with Gasteiger partial charge in [0.25, 0.3) is 0 Å². The lowest BCUT2D eigenvalue weighted by Gasteiger charge is -2.35. The average Bonchev–Trinajstić information content (AvgIpc) is 3.87. The van der Waals surface area contributed by atoms with Gasteiger partial charge in [0.1, 0.15) is 23.6 Å². The summed E-state index contributed by atoms with van der Waals surface area (Å²) >= 11 is 1.55. The number of aliphatic hydroxyl groups is 1. The molecule has 2 aromatic heterocycles. The van der Waals surface area contributed by atoms with Crippen molar-refractivity contribution in [2.75, 3.05) is 13.2 Å². The van der Waals surface area contributed by atoms with Crippen LogP contribution in [0.5, 0.6) is 11.5 Å². The predicted molar refractivity (Wildman–Crippen MR) is 216 cm³/mol. The van der Waals surface area contributed by atoms with Crippen LogP contribution in [-0.4, -0.2) is 79.4 Å². The van der Waals surface area contributed by atoms with E-state index in [1.54, 1.807) is 41.2 Å². The summed E-state index contributed by atoms with van der Waals surface area (Å²) in [4.78, 5) is 47.3. The second kappa shape index (κ2) is 17.9. The van der Waals surface area contributed by atoms with Gasteiger partial charge in [-0.25, -0.2) is 0 Å². The normalized spacial score (nSPS) is 16.6. The molecule has 1 aliphatic heterocycles. The number of carbonyl (C=O) groups excluding carboxylic acids is 3. The highest BCUT2D eigenvalue weighted by Gasteiger charge is 2.44. The average molecular weight is 777 g/mol. The second-order valence-corrected chi connectivity index (χ2v) is 16.0. The molecule has 0 saturated carbocycles. The number of benzene rings is 3. The van der Waals surface area contributed by atoms with Crippen LogP contribution in [0, 0.1) is 5.41 Å². The van der Waals surface area contributed by atoms with E-state index in [1.165, 1.54) is 4.90 Å². The molecule has 5 aromatic rings. The molecule has 0 aliphatic carbocycles. The number of aromatic nitrogens is 3. The fourth-order valence-electron chi connectivity index (χ4n) is 6.71. The van der Waals surface area contributed by atoms with Crippen LogP contribution in [0.3, 0.4) is 0 Å². The third-order valence-corrected chi connectivity index (χ3v) is 10.7. The lowest BCUT2D eigenvalue weighted by atomic mass is 9.85. The molecule has 0 unspecified atom stereocenters. The van der Waals surface area contributed by atoms with Crippen LogP contribution in [0.15, 0.2) is 96.8 Å². The molecule has 292 valence electrons. The second-order valence-electron chi connectivity index (χ2n) is 15.2. The number of hydrogen-bond donors (Lipinski definition) is 4. The number of para-hydroxylation sites is 1. The van der Waals surface area contributed by atoms with Gasteiger partial charge in [0.15, 0.2) is 0 Å². The molecule has 1 fully saturated rings. The topological polar surface area (TPSA) is 167 Å². The molecular formula is C43H48N6O6S. The summed E-state index contributed by atoms with van der Waals surface area (Å²) in [6.45, 7) is 7.90. The Morgan fingerprint density at radius 3 is 2.38 bits per heavy atom. The summed E-state index contributed by atoms with van der Waals surface area (Å²) in [5, 5.41) is 35.0. The van der Waals surface area contributed by atoms with Crippen LogP contribution in [0.2, 0.25) is 0 Å². The maximum Gasteiger partial charge on any atom is 0.246 e. The summed E-state index contributed by atoms with van der Waals surface area (Å²) in [5.41, 5.74) is 6.02. The van der Waals surface area contributed by atoms with Gasteiger partial charge in [0.2, 0.25) is 17.7 Å². The van der Waals surface area contributed by atoms with Gasteiger partial charge in [-0.05, 0) is 72.2 Å². The van der Waals surface area contributed by atoms with Crippen LogP contribution >= 0.6 is 11.3 Å². The van der Waals surface area contributed by atoms with Crippen molar-refractivity contribution in [3.8, 4) is 44.3 Å². The zero-order chi connectivity index (χ0) is 39.8. The Labute approximate surface area is 331 Å². The van der Waals surface area contributed by atoms with Gasteiger partial charge in [-0.15, -0.1) is 11.3 Å². The molecule has 56 heavy (non-hydrogen) atoms. The monoisotopic (exact) mass is 776 g/mol. The van der Waals surface area contributed by atoms with Crippen molar-refractivity contribution in [1.82, 2.24) is 30.7 Å². The highest BCUT2D eigenvalue weighted by atomic mass is 32.1. The van der Waals surface area contributed by atoms with E-state index in [4.69, 9.17) is 4.74 Å². The van der Waals surface area contributed by atoms with Crippen molar-refractivity contribution in [3.05, 3.63) is 102 Å². The van der Waals surface area contributed by atoms with Crippen molar-refractivity contribution in [2.24, 2.45) is 5.41 Å². The first kappa shape index (κ1) is 40.0. The van der Waals surface area contributed by atoms with E-state index >= 15 is 0 Å². The highest BCUT2D eigenvalue weighted by Crippen LogP contribution is 2.31. The number of nitrogens with zero attached hydrogens (tertiary/aromatic N) is 4. The van der Waals surface area contributed by atoms with E-state index in [9.17, 15) is 24.6 Å². The minimum Gasteiger partial charge on any atom is -0.507 e. The number of β-amino-alcohol motifs (C(OH)–C–C–N with tert-alkyl or cyclic N) is 1. The van der Waals surface area contributed by atoms with Gasteiger partial charge in [0.05, 0.1) is 41.0 Å².